The van der Waals surface area contributed by atoms with Crippen molar-refractivity contribution >= 4 is 21.9 Å². The lowest BCUT2D eigenvalue weighted by Gasteiger charge is -2.08. The van der Waals surface area contributed by atoms with E-state index in [9.17, 15) is 0 Å². The molecular formula is C33H21N3O. The first-order valence-corrected chi connectivity index (χ1v) is 12.2. The average Bonchev–Trinajstić information content (AvgIpc) is 3.35. The van der Waals surface area contributed by atoms with E-state index in [1.54, 1.807) is 0 Å². The molecule has 2 heterocycles. The molecule has 0 bridgehead atoms. The molecule has 0 unspecified atom stereocenters. The standard InChI is InChI=1S/C33H21N3O/c1-4-10-22(11-5-1)25-16-18-27-28-19-17-26(21-30(28)37-29(27)20-25)33-35-31(23-12-6-2-7-13-23)34-32(36-33)24-14-8-3-9-15-24/h1-21H. The van der Waals surface area contributed by atoms with Crippen LogP contribution in [0.1, 0.15) is 0 Å². The van der Waals surface area contributed by atoms with Crippen molar-refractivity contribution in [2.24, 2.45) is 0 Å². The van der Waals surface area contributed by atoms with Crippen molar-refractivity contribution in [2.75, 3.05) is 0 Å². The quantitative estimate of drug-likeness (QED) is 0.256. The topological polar surface area (TPSA) is 51.8 Å². The molecule has 0 saturated heterocycles. The van der Waals surface area contributed by atoms with Gasteiger partial charge in [0.2, 0.25) is 0 Å². The van der Waals surface area contributed by atoms with Crippen LogP contribution in [0.25, 0.3) is 67.2 Å². The second-order valence-corrected chi connectivity index (χ2v) is 8.93. The van der Waals surface area contributed by atoms with Crippen molar-refractivity contribution < 1.29 is 4.42 Å². The maximum Gasteiger partial charge on any atom is 0.164 e. The molecule has 0 radical (unpaired) electrons. The number of rotatable bonds is 4. The molecule has 0 atom stereocenters. The summed E-state index contributed by atoms with van der Waals surface area (Å²) in [5, 5.41) is 2.16. The van der Waals surface area contributed by atoms with E-state index in [0.717, 1.165) is 49.8 Å². The molecule has 5 aromatic carbocycles. The van der Waals surface area contributed by atoms with Gasteiger partial charge in [-0.3, -0.25) is 0 Å². The zero-order valence-corrected chi connectivity index (χ0v) is 19.9. The highest BCUT2D eigenvalue weighted by atomic mass is 16.3. The van der Waals surface area contributed by atoms with E-state index in [0.29, 0.717) is 17.5 Å². The zero-order chi connectivity index (χ0) is 24.6. The summed E-state index contributed by atoms with van der Waals surface area (Å²) >= 11 is 0. The predicted octanol–water partition coefficient (Wildman–Crippen LogP) is 8.44. The van der Waals surface area contributed by atoms with Crippen LogP contribution in [0, 0.1) is 0 Å². The van der Waals surface area contributed by atoms with Crippen LogP contribution in [0.2, 0.25) is 0 Å². The molecule has 0 spiro atoms. The Morgan fingerprint density at radius 2 is 0.757 bits per heavy atom. The maximum absolute atomic E-state index is 6.34. The van der Waals surface area contributed by atoms with Crippen molar-refractivity contribution in [3.63, 3.8) is 0 Å². The average molecular weight is 476 g/mol. The minimum absolute atomic E-state index is 0.611. The van der Waals surface area contributed by atoms with Crippen molar-refractivity contribution in [3.8, 4) is 45.3 Å². The molecule has 37 heavy (non-hydrogen) atoms. The molecular weight excluding hydrogens is 454 g/mol. The minimum Gasteiger partial charge on any atom is -0.456 e. The SMILES string of the molecule is c1ccc(-c2ccc3c(c2)oc2cc(-c4nc(-c5ccccc5)nc(-c5ccccc5)n4)ccc23)cc1. The van der Waals surface area contributed by atoms with Crippen molar-refractivity contribution in [2.45, 2.75) is 0 Å². The summed E-state index contributed by atoms with van der Waals surface area (Å²) in [7, 11) is 0. The number of fused-ring (bicyclic) bond motifs is 3. The van der Waals surface area contributed by atoms with Gasteiger partial charge in [0, 0.05) is 27.5 Å². The highest BCUT2D eigenvalue weighted by Gasteiger charge is 2.14. The van der Waals surface area contributed by atoms with Crippen LogP contribution in [0.4, 0.5) is 0 Å². The lowest BCUT2D eigenvalue weighted by atomic mass is 10.0. The van der Waals surface area contributed by atoms with Crippen LogP contribution in [0.15, 0.2) is 132 Å². The monoisotopic (exact) mass is 475 g/mol. The molecule has 0 saturated carbocycles. The van der Waals surface area contributed by atoms with Gasteiger partial charge in [-0.1, -0.05) is 103 Å². The fourth-order valence-corrected chi connectivity index (χ4v) is 4.66. The number of aromatic nitrogens is 3. The van der Waals surface area contributed by atoms with E-state index in [1.807, 2.05) is 84.9 Å². The van der Waals surface area contributed by atoms with Gasteiger partial charge in [-0.05, 0) is 35.4 Å². The summed E-state index contributed by atoms with van der Waals surface area (Å²) in [5.74, 6) is 1.89. The van der Waals surface area contributed by atoms with Gasteiger partial charge in [0.05, 0.1) is 0 Å². The molecule has 4 heteroatoms. The predicted molar refractivity (Wildman–Crippen MR) is 149 cm³/mol. The Hall–Kier alpha value is -5.09. The van der Waals surface area contributed by atoms with Gasteiger partial charge in [0.25, 0.3) is 0 Å². The van der Waals surface area contributed by atoms with Crippen molar-refractivity contribution in [3.05, 3.63) is 127 Å². The first-order valence-electron chi connectivity index (χ1n) is 12.2. The van der Waals surface area contributed by atoms with Gasteiger partial charge in [-0.2, -0.15) is 0 Å². The van der Waals surface area contributed by atoms with E-state index in [1.165, 1.54) is 0 Å². The molecule has 0 aliphatic carbocycles. The third-order valence-corrected chi connectivity index (χ3v) is 6.54. The fraction of sp³-hybridized carbons (Fsp3) is 0. The van der Waals surface area contributed by atoms with E-state index in [-0.39, 0.29) is 0 Å². The molecule has 0 fully saturated rings. The van der Waals surface area contributed by atoms with Gasteiger partial charge < -0.3 is 4.42 Å². The van der Waals surface area contributed by atoms with E-state index in [2.05, 4.69) is 42.5 Å². The molecule has 174 valence electrons. The molecule has 0 N–H and O–H groups in total. The lowest BCUT2D eigenvalue weighted by Crippen LogP contribution is -2.00. The van der Waals surface area contributed by atoms with Crippen LogP contribution < -0.4 is 0 Å². The van der Waals surface area contributed by atoms with Gasteiger partial charge >= 0.3 is 0 Å². The van der Waals surface area contributed by atoms with Gasteiger partial charge in [-0.25, -0.2) is 15.0 Å². The van der Waals surface area contributed by atoms with Gasteiger partial charge in [0.1, 0.15) is 11.2 Å². The summed E-state index contributed by atoms with van der Waals surface area (Å²) in [6, 6.07) is 42.9. The second-order valence-electron chi connectivity index (χ2n) is 8.93. The third kappa shape index (κ3) is 3.95. The highest BCUT2D eigenvalue weighted by molar-refractivity contribution is 6.06. The van der Waals surface area contributed by atoms with Crippen molar-refractivity contribution in [1.29, 1.82) is 0 Å². The number of furan rings is 1. The second kappa shape index (κ2) is 8.85. The molecule has 0 aliphatic rings. The molecule has 2 aromatic heterocycles. The molecule has 7 aromatic rings. The Morgan fingerprint density at radius 1 is 0.351 bits per heavy atom. The zero-order valence-electron chi connectivity index (χ0n) is 19.9. The summed E-state index contributed by atoms with van der Waals surface area (Å²) in [4.78, 5) is 14.5. The Morgan fingerprint density at radius 3 is 1.27 bits per heavy atom. The van der Waals surface area contributed by atoms with Crippen LogP contribution in [0.3, 0.4) is 0 Å². The van der Waals surface area contributed by atoms with E-state index in [4.69, 9.17) is 19.4 Å². The maximum atomic E-state index is 6.34. The van der Waals surface area contributed by atoms with Crippen LogP contribution in [0.5, 0.6) is 0 Å². The number of hydrogen-bond acceptors (Lipinski definition) is 4. The Labute approximate surface area is 213 Å². The summed E-state index contributed by atoms with van der Waals surface area (Å²) in [6.07, 6.45) is 0. The first-order chi connectivity index (χ1) is 18.3. The summed E-state index contributed by atoms with van der Waals surface area (Å²) in [6.45, 7) is 0. The molecule has 0 aliphatic heterocycles. The Kier molecular flexibility index (Phi) is 5.07. The first kappa shape index (κ1) is 21.2. The molecule has 0 amide bonds. The highest BCUT2D eigenvalue weighted by Crippen LogP contribution is 2.34. The van der Waals surface area contributed by atoms with Crippen LogP contribution in [-0.2, 0) is 0 Å². The van der Waals surface area contributed by atoms with Crippen molar-refractivity contribution in [1.82, 2.24) is 15.0 Å². The third-order valence-electron chi connectivity index (χ3n) is 6.54. The van der Waals surface area contributed by atoms with Crippen LogP contribution >= 0.6 is 0 Å². The van der Waals surface area contributed by atoms with Gasteiger partial charge in [0.15, 0.2) is 17.5 Å². The Balaban J connectivity index is 1.37. The molecule has 7 rings (SSSR count). The summed E-state index contributed by atoms with van der Waals surface area (Å²) in [5.41, 5.74) is 6.73. The van der Waals surface area contributed by atoms with E-state index < -0.39 is 0 Å². The Bertz CT molecular complexity index is 1800. The molecule has 4 nitrogen and oxygen atoms in total. The van der Waals surface area contributed by atoms with E-state index >= 15 is 0 Å². The smallest absolute Gasteiger partial charge is 0.164 e. The normalized spacial score (nSPS) is 11.2. The minimum atomic E-state index is 0.611. The number of benzene rings is 5. The lowest BCUT2D eigenvalue weighted by molar-refractivity contribution is 0.669. The van der Waals surface area contributed by atoms with Crippen LogP contribution in [-0.4, -0.2) is 15.0 Å². The summed E-state index contributed by atoms with van der Waals surface area (Å²) < 4.78 is 6.34. The largest absolute Gasteiger partial charge is 0.456 e. The number of nitrogens with zero attached hydrogens (tertiary/aromatic N) is 3. The fourth-order valence-electron chi connectivity index (χ4n) is 4.66. The van der Waals surface area contributed by atoms with Gasteiger partial charge in [-0.15, -0.1) is 0 Å². The number of hydrogen-bond donors (Lipinski definition) is 0.